The molecule has 0 radical (unpaired) electrons. The van der Waals surface area contributed by atoms with E-state index in [9.17, 15) is 14.9 Å². The van der Waals surface area contributed by atoms with E-state index < -0.39 is 17.0 Å². The SMILES string of the molecule is COC(=O)C(OCC(C)C)c1c(Cl)ncc([N+](=O)[O-])c1C. The van der Waals surface area contributed by atoms with Gasteiger partial charge in [-0.05, 0) is 12.8 Å². The van der Waals surface area contributed by atoms with Crippen molar-refractivity contribution in [3.8, 4) is 0 Å². The van der Waals surface area contributed by atoms with Crippen LogP contribution in [0.25, 0.3) is 0 Å². The molecule has 0 N–H and O–H groups in total. The summed E-state index contributed by atoms with van der Waals surface area (Å²) < 4.78 is 10.2. The Morgan fingerprint density at radius 1 is 1.52 bits per heavy atom. The van der Waals surface area contributed by atoms with Crippen molar-refractivity contribution < 1.29 is 19.2 Å². The summed E-state index contributed by atoms with van der Waals surface area (Å²) in [5.41, 5.74) is 0.175. The van der Waals surface area contributed by atoms with Crippen molar-refractivity contribution in [2.45, 2.75) is 26.9 Å². The van der Waals surface area contributed by atoms with Gasteiger partial charge in [0.2, 0.25) is 0 Å². The van der Waals surface area contributed by atoms with Gasteiger partial charge in [0.1, 0.15) is 11.3 Å². The summed E-state index contributed by atoms with van der Waals surface area (Å²) in [6.07, 6.45) is -0.0879. The van der Waals surface area contributed by atoms with E-state index in [0.717, 1.165) is 6.20 Å². The quantitative estimate of drug-likeness (QED) is 0.347. The van der Waals surface area contributed by atoms with Gasteiger partial charge in [0.25, 0.3) is 5.69 Å². The fourth-order valence-corrected chi connectivity index (χ4v) is 2.02. The summed E-state index contributed by atoms with van der Waals surface area (Å²) in [7, 11) is 1.21. The van der Waals surface area contributed by atoms with Crippen LogP contribution in [0, 0.1) is 23.0 Å². The van der Waals surface area contributed by atoms with E-state index in [-0.39, 0.29) is 34.5 Å². The van der Waals surface area contributed by atoms with Crippen LogP contribution in [-0.4, -0.2) is 29.6 Å². The minimum absolute atomic E-state index is 0.0164. The van der Waals surface area contributed by atoms with E-state index in [1.165, 1.54) is 14.0 Å². The number of hydrogen-bond donors (Lipinski definition) is 0. The third-order valence-corrected chi connectivity index (χ3v) is 3.08. The van der Waals surface area contributed by atoms with Crippen LogP contribution in [0.4, 0.5) is 5.69 Å². The molecular weight excluding hydrogens is 300 g/mol. The van der Waals surface area contributed by atoms with E-state index >= 15 is 0 Å². The van der Waals surface area contributed by atoms with Gasteiger partial charge in [-0.2, -0.15) is 0 Å². The molecule has 1 unspecified atom stereocenters. The normalized spacial score (nSPS) is 12.3. The van der Waals surface area contributed by atoms with Crippen LogP contribution in [0.5, 0.6) is 0 Å². The van der Waals surface area contributed by atoms with E-state index in [1.807, 2.05) is 13.8 Å². The Bertz CT molecular complexity index is 548. The van der Waals surface area contributed by atoms with Crippen molar-refractivity contribution >= 4 is 23.3 Å². The Kier molecular flexibility index (Phi) is 6.04. The zero-order chi connectivity index (χ0) is 16.2. The molecule has 0 fully saturated rings. The lowest BCUT2D eigenvalue weighted by molar-refractivity contribution is -0.385. The molecular formula is C13H17ClN2O5. The molecule has 0 saturated carbocycles. The number of halogens is 1. The zero-order valence-electron chi connectivity index (χ0n) is 12.3. The van der Waals surface area contributed by atoms with Gasteiger partial charge in [0.15, 0.2) is 6.10 Å². The minimum atomic E-state index is -1.14. The fourth-order valence-electron chi connectivity index (χ4n) is 1.73. The third-order valence-electron chi connectivity index (χ3n) is 2.78. The maximum Gasteiger partial charge on any atom is 0.339 e. The molecule has 0 bridgehead atoms. The molecule has 116 valence electrons. The van der Waals surface area contributed by atoms with Crippen molar-refractivity contribution in [2.24, 2.45) is 5.92 Å². The molecule has 1 heterocycles. The van der Waals surface area contributed by atoms with Gasteiger partial charge in [-0.3, -0.25) is 10.1 Å². The lowest BCUT2D eigenvalue weighted by Crippen LogP contribution is -2.21. The van der Waals surface area contributed by atoms with Crippen LogP contribution in [0.3, 0.4) is 0 Å². The lowest BCUT2D eigenvalue weighted by atomic mass is 10.0. The maximum absolute atomic E-state index is 11.9. The predicted octanol–water partition coefficient (Wildman–Crippen LogP) is 2.84. The molecule has 1 atom stereocenters. The van der Waals surface area contributed by atoms with Gasteiger partial charge in [-0.1, -0.05) is 25.4 Å². The largest absolute Gasteiger partial charge is 0.467 e. The molecule has 0 aliphatic rings. The van der Waals surface area contributed by atoms with Crippen LogP contribution < -0.4 is 0 Å². The van der Waals surface area contributed by atoms with Crippen LogP contribution in [0.1, 0.15) is 31.1 Å². The molecule has 1 aromatic heterocycles. The zero-order valence-corrected chi connectivity index (χ0v) is 13.0. The molecule has 0 spiro atoms. The average Bonchev–Trinajstić information content (AvgIpc) is 2.40. The number of rotatable bonds is 6. The van der Waals surface area contributed by atoms with E-state index in [4.69, 9.17) is 16.3 Å². The highest BCUT2D eigenvalue weighted by Crippen LogP contribution is 2.33. The highest BCUT2D eigenvalue weighted by molar-refractivity contribution is 6.30. The van der Waals surface area contributed by atoms with Gasteiger partial charge >= 0.3 is 5.97 Å². The number of hydrogen-bond acceptors (Lipinski definition) is 6. The van der Waals surface area contributed by atoms with Crippen molar-refractivity contribution in [2.75, 3.05) is 13.7 Å². The lowest BCUT2D eigenvalue weighted by Gasteiger charge is -2.19. The van der Waals surface area contributed by atoms with Crippen molar-refractivity contribution in [1.82, 2.24) is 4.98 Å². The van der Waals surface area contributed by atoms with Crippen LogP contribution in [0.15, 0.2) is 6.20 Å². The van der Waals surface area contributed by atoms with Gasteiger partial charge in [-0.25, -0.2) is 9.78 Å². The number of carbonyl (C=O) groups excluding carboxylic acids is 1. The number of esters is 1. The second-order valence-electron chi connectivity index (χ2n) is 4.86. The highest BCUT2D eigenvalue weighted by atomic mass is 35.5. The molecule has 0 saturated heterocycles. The Balaban J connectivity index is 3.32. The summed E-state index contributed by atoms with van der Waals surface area (Å²) in [5.74, 6) is -0.508. The average molecular weight is 317 g/mol. The van der Waals surface area contributed by atoms with Gasteiger partial charge in [0, 0.05) is 11.1 Å². The monoisotopic (exact) mass is 316 g/mol. The molecule has 21 heavy (non-hydrogen) atoms. The summed E-state index contributed by atoms with van der Waals surface area (Å²) in [5, 5.41) is 11.0. The minimum Gasteiger partial charge on any atom is -0.467 e. The maximum atomic E-state index is 11.9. The smallest absolute Gasteiger partial charge is 0.339 e. The summed E-state index contributed by atoms with van der Waals surface area (Å²) in [6, 6.07) is 0. The molecule has 1 rings (SSSR count). The Morgan fingerprint density at radius 2 is 2.14 bits per heavy atom. The van der Waals surface area contributed by atoms with Crippen molar-refractivity contribution in [1.29, 1.82) is 0 Å². The van der Waals surface area contributed by atoms with Crippen LogP contribution >= 0.6 is 11.6 Å². The number of ether oxygens (including phenoxy) is 2. The van der Waals surface area contributed by atoms with Crippen LogP contribution in [0.2, 0.25) is 5.15 Å². The Morgan fingerprint density at radius 3 is 2.62 bits per heavy atom. The Labute approximate surface area is 127 Å². The number of nitrogens with zero attached hydrogens (tertiary/aromatic N) is 2. The van der Waals surface area contributed by atoms with Crippen molar-refractivity contribution in [3.63, 3.8) is 0 Å². The van der Waals surface area contributed by atoms with E-state index in [2.05, 4.69) is 9.72 Å². The molecule has 7 nitrogen and oxygen atoms in total. The molecule has 0 aliphatic carbocycles. The molecule has 0 aromatic carbocycles. The van der Waals surface area contributed by atoms with Crippen molar-refractivity contribution in [3.05, 3.63) is 32.6 Å². The molecule has 1 aromatic rings. The van der Waals surface area contributed by atoms with Crippen LogP contribution in [-0.2, 0) is 14.3 Å². The second-order valence-corrected chi connectivity index (χ2v) is 5.22. The number of nitro groups is 1. The fraction of sp³-hybridized carbons (Fsp3) is 0.538. The number of methoxy groups -OCH3 is 1. The first-order valence-corrected chi connectivity index (χ1v) is 6.66. The highest BCUT2D eigenvalue weighted by Gasteiger charge is 2.31. The number of pyridine rings is 1. The third kappa shape index (κ3) is 4.12. The first-order valence-electron chi connectivity index (χ1n) is 6.28. The predicted molar refractivity (Wildman–Crippen MR) is 76.2 cm³/mol. The van der Waals surface area contributed by atoms with Gasteiger partial charge in [-0.15, -0.1) is 0 Å². The first-order chi connectivity index (χ1) is 9.79. The van der Waals surface area contributed by atoms with E-state index in [1.54, 1.807) is 0 Å². The molecule has 0 amide bonds. The van der Waals surface area contributed by atoms with Gasteiger partial charge in [0.05, 0.1) is 18.6 Å². The number of aromatic nitrogens is 1. The summed E-state index contributed by atoms with van der Waals surface area (Å²) in [6.45, 7) is 5.59. The number of carbonyl (C=O) groups is 1. The van der Waals surface area contributed by atoms with E-state index in [0.29, 0.717) is 0 Å². The topological polar surface area (TPSA) is 91.6 Å². The summed E-state index contributed by atoms with van der Waals surface area (Å²) >= 11 is 6.00. The standard InChI is InChI=1S/C13H17ClN2O5/c1-7(2)6-21-11(13(17)20-4)10-8(3)9(16(18)19)5-15-12(10)14/h5,7,11H,6H2,1-4H3. The summed E-state index contributed by atoms with van der Waals surface area (Å²) in [4.78, 5) is 26.1. The molecule has 8 heteroatoms. The van der Waals surface area contributed by atoms with Gasteiger partial charge < -0.3 is 9.47 Å². The second kappa shape index (κ2) is 7.33. The molecule has 0 aliphatic heterocycles. The Hall–Kier alpha value is -1.73. The first kappa shape index (κ1) is 17.3.